The van der Waals surface area contributed by atoms with Crippen LogP contribution >= 0.6 is 11.6 Å². The Kier molecular flexibility index (Phi) is 6.81. The molecule has 9 heteroatoms. The predicted octanol–water partition coefficient (Wildman–Crippen LogP) is 3.22. The Hall–Kier alpha value is -2.13. The van der Waals surface area contributed by atoms with Gasteiger partial charge in [-0.05, 0) is 61.4 Å². The van der Waals surface area contributed by atoms with Crippen LogP contribution in [0.2, 0.25) is 5.02 Å². The van der Waals surface area contributed by atoms with E-state index in [1.54, 1.807) is 12.1 Å². The number of ether oxygens (including phenoxy) is 1. The van der Waals surface area contributed by atoms with Gasteiger partial charge < -0.3 is 15.0 Å². The van der Waals surface area contributed by atoms with Crippen LogP contribution in [-0.4, -0.2) is 58.0 Å². The quantitative estimate of drug-likeness (QED) is 0.736. The van der Waals surface area contributed by atoms with Crippen molar-refractivity contribution in [3.63, 3.8) is 0 Å². The SMILES string of the molecule is O=C(Nc1ccc(N2CCOCC2)cc1)[C@@H]1CCCN(S(=O)(=O)c2ccc(Cl)cc2)C1. The van der Waals surface area contributed by atoms with Gasteiger partial charge in [0.15, 0.2) is 0 Å². The number of sulfonamides is 1. The number of nitrogens with zero attached hydrogens (tertiary/aromatic N) is 2. The maximum Gasteiger partial charge on any atom is 0.243 e. The summed E-state index contributed by atoms with van der Waals surface area (Å²) < 4.78 is 32.7. The number of hydrogen-bond acceptors (Lipinski definition) is 5. The van der Waals surface area contributed by atoms with E-state index in [9.17, 15) is 13.2 Å². The van der Waals surface area contributed by atoms with Crippen LogP contribution in [0.15, 0.2) is 53.4 Å². The summed E-state index contributed by atoms with van der Waals surface area (Å²) in [4.78, 5) is 15.3. The van der Waals surface area contributed by atoms with Crippen LogP contribution in [0, 0.1) is 5.92 Å². The molecule has 0 radical (unpaired) electrons. The molecule has 2 saturated heterocycles. The van der Waals surface area contributed by atoms with E-state index in [4.69, 9.17) is 16.3 Å². The molecule has 2 heterocycles. The summed E-state index contributed by atoms with van der Waals surface area (Å²) in [6, 6.07) is 13.8. The first kappa shape index (κ1) is 22.1. The van der Waals surface area contributed by atoms with Crippen molar-refractivity contribution < 1.29 is 17.9 Å². The van der Waals surface area contributed by atoms with E-state index in [1.165, 1.54) is 16.4 Å². The molecule has 2 aromatic rings. The molecule has 2 aliphatic rings. The molecule has 31 heavy (non-hydrogen) atoms. The molecule has 2 aliphatic heterocycles. The van der Waals surface area contributed by atoms with Gasteiger partial charge in [0.2, 0.25) is 15.9 Å². The third-order valence-corrected chi connectivity index (χ3v) is 7.85. The molecule has 0 aromatic heterocycles. The zero-order chi connectivity index (χ0) is 21.8. The van der Waals surface area contributed by atoms with Gasteiger partial charge in [-0.1, -0.05) is 11.6 Å². The average molecular weight is 464 g/mol. The topological polar surface area (TPSA) is 79.0 Å². The largest absolute Gasteiger partial charge is 0.378 e. The van der Waals surface area contributed by atoms with E-state index < -0.39 is 15.9 Å². The summed E-state index contributed by atoms with van der Waals surface area (Å²) in [7, 11) is -3.66. The molecule has 1 atom stereocenters. The highest BCUT2D eigenvalue weighted by molar-refractivity contribution is 7.89. The van der Waals surface area contributed by atoms with E-state index in [0.29, 0.717) is 30.1 Å². The zero-order valence-corrected chi connectivity index (χ0v) is 18.7. The Morgan fingerprint density at radius 1 is 1.00 bits per heavy atom. The van der Waals surface area contributed by atoms with Gasteiger partial charge in [-0.3, -0.25) is 4.79 Å². The first-order chi connectivity index (χ1) is 14.9. The standard InChI is InChI=1S/C22H26ClN3O4S/c23-18-3-9-21(10-4-18)31(28,29)26-11-1-2-17(16-26)22(27)24-19-5-7-20(8-6-19)25-12-14-30-15-13-25/h3-10,17H,1-2,11-16H2,(H,24,27)/t17-/m1/s1. The van der Waals surface area contributed by atoms with Gasteiger partial charge in [0, 0.05) is 42.6 Å². The molecular formula is C22H26ClN3O4S. The fourth-order valence-electron chi connectivity index (χ4n) is 3.95. The number of carbonyl (C=O) groups is 1. The smallest absolute Gasteiger partial charge is 0.243 e. The van der Waals surface area contributed by atoms with Gasteiger partial charge in [0.05, 0.1) is 24.0 Å². The second-order valence-electron chi connectivity index (χ2n) is 7.79. The molecule has 0 aliphatic carbocycles. The highest BCUT2D eigenvalue weighted by atomic mass is 35.5. The molecule has 166 valence electrons. The first-order valence-electron chi connectivity index (χ1n) is 10.4. The lowest BCUT2D eigenvalue weighted by molar-refractivity contribution is -0.120. The van der Waals surface area contributed by atoms with Crippen LogP contribution in [0.5, 0.6) is 0 Å². The molecule has 0 bridgehead atoms. The van der Waals surface area contributed by atoms with Crippen molar-refractivity contribution in [1.82, 2.24) is 4.31 Å². The number of amides is 1. The van der Waals surface area contributed by atoms with Crippen molar-refractivity contribution in [2.24, 2.45) is 5.92 Å². The number of anilines is 2. The molecular weight excluding hydrogens is 438 g/mol. The normalized spacial score (nSPS) is 20.4. The molecule has 1 N–H and O–H groups in total. The summed E-state index contributed by atoms with van der Waals surface area (Å²) in [6.45, 7) is 3.72. The van der Waals surface area contributed by atoms with Crippen LogP contribution in [-0.2, 0) is 19.6 Å². The number of benzene rings is 2. The summed E-state index contributed by atoms with van der Waals surface area (Å²) >= 11 is 5.87. The minimum Gasteiger partial charge on any atom is -0.378 e. The molecule has 0 saturated carbocycles. The molecule has 2 aromatic carbocycles. The first-order valence-corrected chi connectivity index (χ1v) is 12.2. The summed E-state index contributed by atoms with van der Waals surface area (Å²) in [5.41, 5.74) is 1.80. The Morgan fingerprint density at radius 3 is 2.35 bits per heavy atom. The Morgan fingerprint density at radius 2 is 1.68 bits per heavy atom. The average Bonchev–Trinajstić information content (AvgIpc) is 2.80. The van der Waals surface area contributed by atoms with Gasteiger partial charge in [0.25, 0.3) is 0 Å². The predicted molar refractivity (Wildman–Crippen MR) is 121 cm³/mol. The van der Waals surface area contributed by atoms with Crippen molar-refractivity contribution in [2.75, 3.05) is 49.6 Å². The maximum absolute atomic E-state index is 13.0. The number of nitrogens with one attached hydrogen (secondary N) is 1. The molecule has 0 unspecified atom stereocenters. The number of hydrogen-bond donors (Lipinski definition) is 1. The highest BCUT2D eigenvalue weighted by Crippen LogP contribution is 2.26. The fourth-order valence-corrected chi connectivity index (χ4v) is 5.60. The van der Waals surface area contributed by atoms with Crippen molar-refractivity contribution in [3.05, 3.63) is 53.6 Å². The van der Waals surface area contributed by atoms with Crippen LogP contribution in [0.1, 0.15) is 12.8 Å². The van der Waals surface area contributed by atoms with Gasteiger partial charge >= 0.3 is 0 Å². The minimum absolute atomic E-state index is 0.157. The molecule has 4 rings (SSSR count). The van der Waals surface area contributed by atoms with E-state index in [0.717, 1.165) is 32.0 Å². The maximum atomic E-state index is 13.0. The molecule has 7 nitrogen and oxygen atoms in total. The van der Waals surface area contributed by atoms with Gasteiger partial charge in [0.1, 0.15) is 0 Å². The third kappa shape index (κ3) is 5.20. The van der Waals surface area contributed by atoms with Gasteiger partial charge in [-0.25, -0.2) is 8.42 Å². The monoisotopic (exact) mass is 463 g/mol. The van der Waals surface area contributed by atoms with Gasteiger partial charge in [-0.15, -0.1) is 0 Å². The fraction of sp³-hybridized carbons (Fsp3) is 0.409. The number of morpholine rings is 1. The van der Waals surface area contributed by atoms with E-state index >= 15 is 0 Å². The number of rotatable bonds is 5. The Bertz CT molecular complexity index is 1010. The van der Waals surface area contributed by atoms with Crippen molar-refractivity contribution >= 4 is 38.9 Å². The van der Waals surface area contributed by atoms with Crippen molar-refractivity contribution in [1.29, 1.82) is 0 Å². The summed E-state index contributed by atoms with van der Waals surface area (Å²) in [5.74, 6) is -0.551. The minimum atomic E-state index is -3.66. The lowest BCUT2D eigenvalue weighted by Gasteiger charge is -2.31. The van der Waals surface area contributed by atoms with Crippen molar-refractivity contribution in [2.45, 2.75) is 17.7 Å². The second-order valence-corrected chi connectivity index (χ2v) is 10.2. The molecule has 2 fully saturated rings. The van der Waals surface area contributed by atoms with E-state index in [-0.39, 0.29) is 17.3 Å². The highest BCUT2D eigenvalue weighted by Gasteiger charge is 2.33. The van der Waals surface area contributed by atoms with Crippen LogP contribution in [0.3, 0.4) is 0 Å². The summed E-state index contributed by atoms with van der Waals surface area (Å²) in [5, 5.41) is 3.42. The molecule has 1 amide bonds. The Labute approximate surface area is 188 Å². The van der Waals surface area contributed by atoms with E-state index in [2.05, 4.69) is 10.2 Å². The molecule has 0 spiro atoms. The van der Waals surface area contributed by atoms with Crippen LogP contribution in [0.4, 0.5) is 11.4 Å². The number of piperidine rings is 1. The lowest BCUT2D eigenvalue weighted by atomic mass is 9.98. The van der Waals surface area contributed by atoms with Crippen LogP contribution in [0.25, 0.3) is 0 Å². The Balaban J connectivity index is 1.39. The second kappa shape index (κ2) is 9.56. The summed E-state index contributed by atoms with van der Waals surface area (Å²) in [6.07, 6.45) is 1.30. The number of halogens is 1. The lowest BCUT2D eigenvalue weighted by Crippen LogP contribution is -2.43. The van der Waals surface area contributed by atoms with Crippen molar-refractivity contribution in [3.8, 4) is 0 Å². The van der Waals surface area contributed by atoms with Gasteiger partial charge in [-0.2, -0.15) is 4.31 Å². The van der Waals surface area contributed by atoms with E-state index in [1.807, 2.05) is 24.3 Å². The van der Waals surface area contributed by atoms with Crippen LogP contribution < -0.4 is 10.2 Å². The number of carbonyl (C=O) groups excluding carboxylic acids is 1. The zero-order valence-electron chi connectivity index (χ0n) is 17.2. The third-order valence-electron chi connectivity index (χ3n) is 5.72.